The number of anilines is 2. The number of carbonyl (C=O) groups is 2. The monoisotopic (exact) mass is 409 g/mol. The third-order valence-electron chi connectivity index (χ3n) is 3.90. The number of primary amides is 1. The average Bonchev–Trinajstić information content (AvgIpc) is 2.99. The van der Waals surface area contributed by atoms with E-state index in [2.05, 4.69) is 24.9 Å². The van der Waals surface area contributed by atoms with E-state index in [-0.39, 0.29) is 23.0 Å². The summed E-state index contributed by atoms with van der Waals surface area (Å²) >= 11 is 0.659. The van der Waals surface area contributed by atoms with Crippen LogP contribution in [0.15, 0.2) is 18.2 Å². The fraction of sp³-hybridized carbons (Fsp3) is 0.412. The smallest absolute Gasteiger partial charge is 0.405 e. The van der Waals surface area contributed by atoms with Crippen LogP contribution >= 0.6 is 11.3 Å². The van der Waals surface area contributed by atoms with Crippen LogP contribution in [0.5, 0.6) is 0 Å². The van der Waals surface area contributed by atoms with Gasteiger partial charge in [0, 0.05) is 13.1 Å². The number of thiazole rings is 1. The number of nitrogens with zero attached hydrogens (tertiary/aromatic N) is 3. The maximum absolute atomic E-state index is 14.4. The number of carbonyl (C=O) groups excluding carboxylic acids is 2. The molecule has 3 rings (SSSR count). The van der Waals surface area contributed by atoms with Crippen LogP contribution in [-0.2, 0) is 14.3 Å². The summed E-state index contributed by atoms with van der Waals surface area (Å²) in [6.07, 6.45) is -0.946. The lowest BCUT2D eigenvalue weighted by Gasteiger charge is -2.36. The van der Waals surface area contributed by atoms with E-state index in [1.165, 1.54) is 0 Å². The maximum atomic E-state index is 14.4. The molecule has 0 aromatic carbocycles. The Balaban J connectivity index is 1.76. The Bertz CT molecular complexity index is 867. The second-order valence-corrected chi connectivity index (χ2v) is 7.29. The van der Waals surface area contributed by atoms with Gasteiger partial charge in [-0.15, -0.1) is 0 Å². The molecule has 28 heavy (non-hydrogen) atoms. The number of hydrogen-bond donors (Lipinski definition) is 2. The van der Waals surface area contributed by atoms with Crippen molar-refractivity contribution in [2.45, 2.75) is 26.1 Å². The Morgan fingerprint density at radius 3 is 2.75 bits per heavy atom. The summed E-state index contributed by atoms with van der Waals surface area (Å²) in [7, 11) is 0. The number of nitrogens with two attached hydrogens (primary N) is 1. The van der Waals surface area contributed by atoms with Crippen LogP contribution in [0.2, 0.25) is 0 Å². The number of ether oxygens (including phenoxy) is 2. The van der Waals surface area contributed by atoms with Crippen molar-refractivity contribution in [3.63, 3.8) is 0 Å². The number of aromatic nitrogens is 2. The molecule has 2 aromatic rings. The van der Waals surface area contributed by atoms with Crippen molar-refractivity contribution in [1.82, 2.24) is 9.97 Å². The van der Waals surface area contributed by atoms with Gasteiger partial charge in [0.1, 0.15) is 11.5 Å². The molecule has 3 N–H and O–H groups in total. The molecule has 0 aliphatic carbocycles. The summed E-state index contributed by atoms with van der Waals surface area (Å²) < 4.78 is 24.5. The van der Waals surface area contributed by atoms with E-state index in [0.29, 0.717) is 35.9 Å². The zero-order valence-corrected chi connectivity index (χ0v) is 16.2. The van der Waals surface area contributed by atoms with Gasteiger partial charge in [0.2, 0.25) is 5.13 Å². The van der Waals surface area contributed by atoms with Crippen molar-refractivity contribution < 1.29 is 23.5 Å². The molecule has 9 nitrogen and oxygen atoms in total. The number of rotatable bonds is 5. The highest BCUT2D eigenvalue weighted by Gasteiger charge is 2.24. The molecule has 1 fully saturated rings. The predicted molar refractivity (Wildman–Crippen MR) is 102 cm³/mol. The standard InChI is InChI=1S/C17H20FN5O4S/c1-9-6-23(7-10(2)27-9)12-5-3-4-11(20-12)14-15(18)28-17(22-14)21-13(24)8-26-16(19)25/h3-5,9-10H,6-8H2,1-2H3,(H2,19,25)(H,21,22,24)/t9-,10+. The second kappa shape index (κ2) is 8.48. The minimum atomic E-state index is -1.08. The van der Waals surface area contributed by atoms with E-state index >= 15 is 0 Å². The summed E-state index contributed by atoms with van der Waals surface area (Å²) in [5.74, 6) is 0.0319. The number of pyridine rings is 1. The molecule has 150 valence electrons. The molecule has 0 saturated carbocycles. The van der Waals surface area contributed by atoms with Crippen molar-refractivity contribution >= 4 is 34.3 Å². The van der Waals surface area contributed by atoms with Gasteiger partial charge >= 0.3 is 6.09 Å². The van der Waals surface area contributed by atoms with Crippen molar-refractivity contribution in [1.29, 1.82) is 0 Å². The topological polar surface area (TPSA) is 120 Å². The molecule has 0 bridgehead atoms. The maximum Gasteiger partial charge on any atom is 0.405 e. The number of morpholine rings is 1. The summed E-state index contributed by atoms with van der Waals surface area (Å²) in [5.41, 5.74) is 5.19. The molecule has 11 heteroatoms. The lowest BCUT2D eigenvalue weighted by Crippen LogP contribution is -2.45. The van der Waals surface area contributed by atoms with Crippen LogP contribution in [0.4, 0.5) is 20.1 Å². The van der Waals surface area contributed by atoms with Crippen LogP contribution in [-0.4, -0.2) is 53.9 Å². The number of hydrogen-bond acceptors (Lipinski definition) is 8. The quantitative estimate of drug-likeness (QED) is 0.775. The van der Waals surface area contributed by atoms with Crippen LogP contribution in [0.3, 0.4) is 0 Å². The highest BCUT2D eigenvalue weighted by Crippen LogP contribution is 2.30. The normalized spacial score (nSPS) is 19.3. The van der Waals surface area contributed by atoms with Gasteiger partial charge in [-0.3, -0.25) is 10.1 Å². The first-order valence-corrected chi connectivity index (χ1v) is 9.39. The summed E-state index contributed by atoms with van der Waals surface area (Å²) in [6.45, 7) is 4.77. The van der Waals surface area contributed by atoms with Crippen molar-refractivity contribution in [2.24, 2.45) is 5.73 Å². The van der Waals surface area contributed by atoms with E-state index in [1.54, 1.807) is 12.1 Å². The van der Waals surface area contributed by atoms with E-state index in [0.717, 1.165) is 0 Å². The number of halogens is 1. The molecule has 1 saturated heterocycles. The van der Waals surface area contributed by atoms with Crippen molar-refractivity contribution in [2.75, 3.05) is 29.9 Å². The molecule has 1 aliphatic rings. The van der Waals surface area contributed by atoms with Gasteiger partial charge in [-0.25, -0.2) is 14.8 Å². The van der Waals surface area contributed by atoms with E-state index in [1.807, 2.05) is 19.9 Å². The first-order valence-electron chi connectivity index (χ1n) is 8.58. The second-order valence-electron chi connectivity index (χ2n) is 6.34. The zero-order chi connectivity index (χ0) is 20.3. The largest absolute Gasteiger partial charge is 0.440 e. The van der Waals surface area contributed by atoms with Gasteiger partial charge in [0.15, 0.2) is 11.7 Å². The van der Waals surface area contributed by atoms with E-state index in [9.17, 15) is 14.0 Å². The minimum absolute atomic E-state index is 0.0337. The van der Waals surface area contributed by atoms with Crippen molar-refractivity contribution in [3.8, 4) is 11.4 Å². The molecular formula is C17H20FN5O4S. The first-order chi connectivity index (χ1) is 13.3. The lowest BCUT2D eigenvalue weighted by atomic mass is 10.2. The molecule has 0 spiro atoms. The Kier molecular flexibility index (Phi) is 6.05. The lowest BCUT2D eigenvalue weighted by molar-refractivity contribution is -0.118. The molecular weight excluding hydrogens is 389 g/mol. The number of nitrogens with one attached hydrogen (secondary N) is 1. The summed E-state index contributed by atoms with van der Waals surface area (Å²) in [5, 5.41) is 1.81. The molecule has 0 radical (unpaired) electrons. The van der Waals surface area contributed by atoms with Gasteiger partial charge in [-0.2, -0.15) is 4.39 Å². The molecule has 1 aliphatic heterocycles. The highest BCUT2D eigenvalue weighted by molar-refractivity contribution is 7.14. The van der Waals surface area contributed by atoms with E-state index < -0.39 is 23.7 Å². The average molecular weight is 409 g/mol. The molecule has 0 unspecified atom stereocenters. The highest BCUT2D eigenvalue weighted by atomic mass is 32.1. The zero-order valence-electron chi connectivity index (χ0n) is 15.3. The molecule has 2 amide bonds. The van der Waals surface area contributed by atoms with Gasteiger partial charge in [0.25, 0.3) is 5.91 Å². The van der Waals surface area contributed by atoms with Crippen LogP contribution in [0, 0.1) is 5.13 Å². The first kappa shape index (κ1) is 20.0. The fourth-order valence-corrected chi connectivity index (χ4v) is 3.62. The van der Waals surface area contributed by atoms with Gasteiger partial charge in [-0.1, -0.05) is 17.4 Å². The Morgan fingerprint density at radius 1 is 1.36 bits per heavy atom. The third-order valence-corrected chi connectivity index (χ3v) is 4.66. The van der Waals surface area contributed by atoms with Crippen molar-refractivity contribution in [3.05, 3.63) is 23.3 Å². The summed E-state index contributed by atoms with van der Waals surface area (Å²) in [6, 6.07) is 5.28. The molecule has 2 aromatic heterocycles. The van der Waals surface area contributed by atoms with Gasteiger partial charge in [-0.05, 0) is 26.0 Å². The van der Waals surface area contributed by atoms with Gasteiger partial charge in [0.05, 0.1) is 17.9 Å². The Hall–Kier alpha value is -2.79. The third kappa shape index (κ3) is 4.93. The predicted octanol–water partition coefficient (Wildman–Crippen LogP) is 1.99. The van der Waals surface area contributed by atoms with Crippen LogP contribution in [0.25, 0.3) is 11.4 Å². The van der Waals surface area contributed by atoms with Crippen LogP contribution in [0.1, 0.15) is 13.8 Å². The van der Waals surface area contributed by atoms with Gasteiger partial charge < -0.3 is 20.1 Å². The Labute approximate surface area is 164 Å². The Morgan fingerprint density at radius 2 is 2.07 bits per heavy atom. The minimum Gasteiger partial charge on any atom is -0.440 e. The molecule has 2 atom stereocenters. The number of amides is 2. The fourth-order valence-electron chi connectivity index (χ4n) is 2.90. The van der Waals surface area contributed by atoms with E-state index in [4.69, 9.17) is 10.5 Å². The van der Waals surface area contributed by atoms with Crippen LogP contribution < -0.4 is 16.0 Å². The molecule has 3 heterocycles. The summed E-state index contributed by atoms with van der Waals surface area (Å²) in [4.78, 5) is 32.9. The SMILES string of the molecule is C[C@@H]1CN(c2cccc(-c3nc(NC(=O)COC(N)=O)sc3F)n2)C[C@H](C)O1.